The minimum atomic E-state index is 0.718. The number of hydrogen-bond donors (Lipinski definition) is 1. The van der Waals surface area contributed by atoms with E-state index in [2.05, 4.69) is 44.4 Å². The molecule has 4 rings (SSSR count). The summed E-state index contributed by atoms with van der Waals surface area (Å²) in [6.45, 7) is 0. The molecule has 0 saturated carbocycles. The predicted molar refractivity (Wildman–Crippen MR) is 90.1 cm³/mol. The first kappa shape index (κ1) is 13.3. The highest BCUT2D eigenvalue weighted by atomic mass is 32.2. The van der Waals surface area contributed by atoms with E-state index in [4.69, 9.17) is 0 Å². The summed E-state index contributed by atoms with van der Waals surface area (Å²) in [6.07, 6.45) is 1.000. The summed E-state index contributed by atoms with van der Waals surface area (Å²) in [6, 6.07) is 18.5. The lowest BCUT2D eigenvalue weighted by Gasteiger charge is -2.00. The van der Waals surface area contributed by atoms with Crippen LogP contribution < -0.4 is 0 Å². The van der Waals surface area contributed by atoms with Gasteiger partial charge in [-0.25, -0.2) is 4.98 Å². The van der Waals surface area contributed by atoms with Gasteiger partial charge in [0.1, 0.15) is 5.52 Å². The van der Waals surface area contributed by atoms with E-state index >= 15 is 0 Å². The van der Waals surface area contributed by atoms with Gasteiger partial charge in [0, 0.05) is 16.7 Å². The van der Waals surface area contributed by atoms with Gasteiger partial charge in [-0.2, -0.15) is 0 Å². The largest absolute Gasteiger partial charge is 0.338 e. The summed E-state index contributed by atoms with van der Waals surface area (Å²) in [7, 11) is 0. The van der Waals surface area contributed by atoms with Crippen LogP contribution in [0.15, 0.2) is 59.8 Å². The predicted octanol–water partition coefficient (Wildman–Crippen LogP) is 3.84. The normalized spacial score (nSPS) is 11.3. The standard InChI is InChI=1S/C17H14N4S/c1-2-6-12(7-3-1)10-11-22-17-19-16-15(20-21-17)13-8-4-5-9-14(13)18-16/h1-9H,10-11H2,(H,18,19,21). The van der Waals surface area contributed by atoms with Crippen molar-refractivity contribution in [2.75, 3.05) is 5.75 Å². The minimum Gasteiger partial charge on any atom is -0.338 e. The molecule has 1 N–H and O–H groups in total. The molecule has 0 amide bonds. The number of nitrogens with one attached hydrogen (secondary N) is 1. The zero-order valence-corrected chi connectivity index (χ0v) is 12.7. The maximum Gasteiger partial charge on any atom is 0.211 e. The zero-order valence-electron chi connectivity index (χ0n) is 11.9. The molecule has 0 radical (unpaired) electrons. The lowest BCUT2D eigenvalue weighted by Crippen LogP contribution is -1.94. The van der Waals surface area contributed by atoms with Gasteiger partial charge < -0.3 is 4.98 Å². The summed E-state index contributed by atoms with van der Waals surface area (Å²) in [5.74, 6) is 0.942. The van der Waals surface area contributed by atoms with Crippen molar-refractivity contribution in [2.45, 2.75) is 11.6 Å². The molecular weight excluding hydrogens is 292 g/mol. The maximum absolute atomic E-state index is 4.58. The van der Waals surface area contributed by atoms with Crippen molar-refractivity contribution in [3.63, 3.8) is 0 Å². The number of fused-ring (bicyclic) bond motifs is 3. The van der Waals surface area contributed by atoms with Crippen molar-refractivity contribution in [1.82, 2.24) is 20.2 Å². The SMILES string of the molecule is c1ccc(CCSc2nnc3c(n2)[nH]c2ccccc23)cc1. The van der Waals surface area contributed by atoms with Gasteiger partial charge >= 0.3 is 0 Å². The Labute approximate surface area is 132 Å². The van der Waals surface area contributed by atoms with Gasteiger partial charge in [-0.3, -0.25) is 0 Å². The molecule has 22 heavy (non-hydrogen) atoms. The van der Waals surface area contributed by atoms with Crippen molar-refractivity contribution < 1.29 is 0 Å². The molecule has 108 valence electrons. The molecule has 5 heteroatoms. The number of para-hydroxylation sites is 1. The summed E-state index contributed by atoms with van der Waals surface area (Å²) in [5, 5.41) is 10.4. The van der Waals surface area contributed by atoms with Crippen molar-refractivity contribution in [2.24, 2.45) is 0 Å². The number of aromatic amines is 1. The number of thioether (sulfide) groups is 1. The molecule has 4 aromatic rings. The molecule has 0 bridgehead atoms. The van der Waals surface area contributed by atoms with Gasteiger partial charge in [-0.05, 0) is 18.1 Å². The van der Waals surface area contributed by atoms with E-state index in [0.29, 0.717) is 0 Å². The molecule has 0 aliphatic rings. The smallest absolute Gasteiger partial charge is 0.211 e. The lowest BCUT2D eigenvalue weighted by atomic mass is 10.2. The molecule has 0 aliphatic heterocycles. The van der Waals surface area contributed by atoms with Gasteiger partial charge in [-0.15, -0.1) is 10.2 Å². The Bertz CT molecular complexity index is 918. The lowest BCUT2D eigenvalue weighted by molar-refractivity contribution is 0.877. The van der Waals surface area contributed by atoms with Gasteiger partial charge in [-0.1, -0.05) is 60.3 Å². The molecule has 2 aromatic carbocycles. The highest BCUT2D eigenvalue weighted by molar-refractivity contribution is 7.99. The fraction of sp³-hybridized carbons (Fsp3) is 0.118. The second-order valence-corrected chi connectivity index (χ2v) is 6.11. The van der Waals surface area contributed by atoms with Crippen LogP contribution in [0.3, 0.4) is 0 Å². The van der Waals surface area contributed by atoms with Crippen LogP contribution in [0, 0.1) is 0 Å². The summed E-state index contributed by atoms with van der Waals surface area (Å²) < 4.78 is 0. The third kappa shape index (κ3) is 2.55. The number of nitrogens with zero attached hydrogens (tertiary/aromatic N) is 3. The third-order valence-electron chi connectivity index (χ3n) is 3.57. The zero-order chi connectivity index (χ0) is 14.8. The van der Waals surface area contributed by atoms with E-state index in [9.17, 15) is 0 Å². The minimum absolute atomic E-state index is 0.718. The van der Waals surface area contributed by atoms with Crippen molar-refractivity contribution in [3.05, 3.63) is 60.2 Å². The van der Waals surface area contributed by atoms with E-state index in [1.54, 1.807) is 11.8 Å². The van der Waals surface area contributed by atoms with E-state index in [0.717, 1.165) is 39.4 Å². The molecule has 0 aliphatic carbocycles. The molecule has 2 heterocycles. The number of hydrogen-bond acceptors (Lipinski definition) is 4. The Morgan fingerprint density at radius 3 is 2.64 bits per heavy atom. The summed E-state index contributed by atoms with van der Waals surface area (Å²) in [4.78, 5) is 7.88. The molecule has 0 saturated heterocycles. The van der Waals surface area contributed by atoms with Crippen LogP contribution in [0.4, 0.5) is 0 Å². The second-order valence-electron chi connectivity index (χ2n) is 5.05. The van der Waals surface area contributed by atoms with E-state index in [-0.39, 0.29) is 0 Å². The quantitative estimate of drug-likeness (QED) is 0.582. The molecule has 0 unspecified atom stereocenters. The van der Waals surface area contributed by atoms with Crippen LogP contribution in [0.1, 0.15) is 5.56 Å². The number of H-pyrrole nitrogens is 1. The fourth-order valence-corrected chi connectivity index (χ4v) is 3.25. The van der Waals surface area contributed by atoms with Gasteiger partial charge in [0.25, 0.3) is 0 Å². The van der Waals surface area contributed by atoms with Crippen LogP contribution in [0.5, 0.6) is 0 Å². The second kappa shape index (κ2) is 5.77. The Kier molecular flexibility index (Phi) is 3.48. The van der Waals surface area contributed by atoms with Gasteiger partial charge in [0.15, 0.2) is 5.65 Å². The first-order valence-electron chi connectivity index (χ1n) is 7.18. The van der Waals surface area contributed by atoms with E-state index in [1.165, 1.54) is 5.56 Å². The van der Waals surface area contributed by atoms with Crippen molar-refractivity contribution in [3.8, 4) is 0 Å². The van der Waals surface area contributed by atoms with Crippen LogP contribution >= 0.6 is 11.8 Å². The van der Waals surface area contributed by atoms with Crippen LogP contribution in [-0.4, -0.2) is 25.9 Å². The Balaban J connectivity index is 1.54. The summed E-state index contributed by atoms with van der Waals surface area (Å²) in [5.41, 5.74) is 4.02. The molecule has 0 spiro atoms. The Morgan fingerprint density at radius 1 is 0.909 bits per heavy atom. The van der Waals surface area contributed by atoms with Gasteiger partial charge in [0.05, 0.1) is 0 Å². The maximum atomic E-state index is 4.58. The number of benzene rings is 2. The van der Waals surface area contributed by atoms with Crippen LogP contribution in [-0.2, 0) is 6.42 Å². The van der Waals surface area contributed by atoms with Gasteiger partial charge in [0.2, 0.25) is 5.16 Å². The molecule has 4 nitrogen and oxygen atoms in total. The van der Waals surface area contributed by atoms with E-state index < -0.39 is 0 Å². The Hall–Kier alpha value is -2.40. The fourth-order valence-electron chi connectivity index (χ4n) is 2.47. The van der Waals surface area contributed by atoms with Crippen molar-refractivity contribution in [1.29, 1.82) is 0 Å². The molecule has 0 fully saturated rings. The third-order valence-corrected chi connectivity index (χ3v) is 4.41. The first-order chi connectivity index (χ1) is 10.9. The highest BCUT2D eigenvalue weighted by Crippen LogP contribution is 2.23. The average Bonchev–Trinajstić information content (AvgIpc) is 2.93. The number of aromatic nitrogens is 4. The first-order valence-corrected chi connectivity index (χ1v) is 8.16. The van der Waals surface area contributed by atoms with Crippen LogP contribution in [0.25, 0.3) is 22.1 Å². The Morgan fingerprint density at radius 2 is 1.73 bits per heavy atom. The molecule has 0 atom stereocenters. The monoisotopic (exact) mass is 306 g/mol. The van der Waals surface area contributed by atoms with E-state index in [1.807, 2.05) is 30.3 Å². The number of rotatable bonds is 4. The number of aryl methyl sites for hydroxylation is 1. The van der Waals surface area contributed by atoms with Crippen molar-refractivity contribution >= 4 is 33.8 Å². The topological polar surface area (TPSA) is 54.5 Å². The van der Waals surface area contributed by atoms with Crippen LogP contribution in [0.2, 0.25) is 0 Å². The highest BCUT2D eigenvalue weighted by Gasteiger charge is 2.08. The molecule has 2 aromatic heterocycles. The summed E-state index contributed by atoms with van der Waals surface area (Å²) >= 11 is 1.64. The molecular formula is C17H14N4S. The average molecular weight is 306 g/mol.